The third-order valence-corrected chi connectivity index (χ3v) is 2.01. The van der Waals surface area contributed by atoms with Gasteiger partial charge in [-0.3, -0.25) is 19.9 Å². The lowest BCUT2D eigenvalue weighted by molar-refractivity contribution is -0.140. The maximum absolute atomic E-state index is 11.4. The third-order valence-electron chi connectivity index (χ3n) is 2.01. The van der Waals surface area contributed by atoms with Crippen molar-refractivity contribution in [1.82, 2.24) is 15.3 Å². The van der Waals surface area contributed by atoms with Crippen molar-refractivity contribution in [2.45, 2.75) is 20.3 Å². The van der Waals surface area contributed by atoms with Gasteiger partial charge in [0.1, 0.15) is 0 Å². The van der Waals surface area contributed by atoms with E-state index >= 15 is 0 Å². The number of nitrogens with zero attached hydrogens (tertiary/aromatic N) is 1. The Morgan fingerprint density at radius 2 is 2.21 bits per heavy atom. The molecular formula is C11H16N4O4. The van der Waals surface area contributed by atoms with E-state index in [0.29, 0.717) is 18.7 Å². The number of anilines is 1. The lowest BCUT2D eigenvalue weighted by atomic mass is 10.4. The Morgan fingerprint density at radius 1 is 1.47 bits per heavy atom. The van der Waals surface area contributed by atoms with Crippen LogP contribution in [0.3, 0.4) is 0 Å². The van der Waals surface area contributed by atoms with Crippen molar-refractivity contribution in [2.24, 2.45) is 0 Å². The Labute approximate surface area is 109 Å². The number of aryl methyl sites for hydroxylation is 1. The van der Waals surface area contributed by atoms with Gasteiger partial charge in [0, 0.05) is 25.2 Å². The van der Waals surface area contributed by atoms with Crippen LogP contribution in [-0.2, 0) is 9.53 Å². The zero-order valence-corrected chi connectivity index (χ0v) is 10.8. The van der Waals surface area contributed by atoms with Gasteiger partial charge in [-0.15, -0.1) is 0 Å². The second kappa shape index (κ2) is 7.14. The maximum Gasteiger partial charge on any atom is 0.321 e. The second-order valence-electron chi connectivity index (χ2n) is 3.81. The number of aromatic nitrogens is 2. The van der Waals surface area contributed by atoms with Crippen molar-refractivity contribution < 1.29 is 14.3 Å². The van der Waals surface area contributed by atoms with Crippen molar-refractivity contribution in [3.05, 3.63) is 22.1 Å². The normalized spacial score (nSPS) is 9.79. The van der Waals surface area contributed by atoms with Gasteiger partial charge >= 0.3 is 12.0 Å². The molecule has 0 spiro atoms. The van der Waals surface area contributed by atoms with Crippen molar-refractivity contribution >= 4 is 17.9 Å². The van der Waals surface area contributed by atoms with Crippen LogP contribution in [0.1, 0.15) is 19.0 Å². The van der Waals surface area contributed by atoms with E-state index in [-0.39, 0.29) is 24.1 Å². The van der Waals surface area contributed by atoms with Gasteiger partial charge in [-0.1, -0.05) is 0 Å². The van der Waals surface area contributed by atoms with Crippen LogP contribution >= 0.6 is 0 Å². The smallest absolute Gasteiger partial charge is 0.321 e. The first-order valence-corrected chi connectivity index (χ1v) is 5.73. The molecule has 0 aromatic carbocycles. The number of esters is 1. The Morgan fingerprint density at radius 3 is 2.84 bits per heavy atom. The van der Waals surface area contributed by atoms with Crippen molar-refractivity contribution in [1.29, 1.82) is 0 Å². The van der Waals surface area contributed by atoms with Gasteiger partial charge in [-0.2, -0.15) is 0 Å². The second-order valence-corrected chi connectivity index (χ2v) is 3.81. The van der Waals surface area contributed by atoms with Crippen LogP contribution < -0.4 is 16.2 Å². The minimum atomic E-state index is -0.489. The molecule has 0 aliphatic rings. The van der Waals surface area contributed by atoms with Gasteiger partial charge in [0.05, 0.1) is 6.61 Å². The predicted molar refractivity (Wildman–Crippen MR) is 67.9 cm³/mol. The highest BCUT2D eigenvalue weighted by atomic mass is 16.5. The molecule has 0 atom stereocenters. The summed E-state index contributed by atoms with van der Waals surface area (Å²) < 4.78 is 4.70. The molecule has 3 N–H and O–H groups in total. The molecule has 2 amide bonds. The minimum absolute atomic E-state index is 0.0856. The summed E-state index contributed by atoms with van der Waals surface area (Å²) in [5.41, 5.74) is 0.173. The Hall–Kier alpha value is -2.38. The minimum Gasteiger partial charge on any atom is -0.466 e. The quantitative estimate of drug-likeness (QED) is 0.519. The summed E-state index contributed by atoms with van der Waals surface area (Å²) in [6.45, 7) is 3.56. The monoisotopic (exact) mass is 268 g/mol. The lowest BCUT2D eigenvalue weighted by Gasteiger charge is -2.07. The SMILES string of the molecule is CC(=O)OCCCNC(=O)Nc1nc(C)cc(=O)[nH]1. The number of urea groups is 1. The predicted octanol–water partition coefficient (Wildman–Crippen LogP) is 0.153. The molecule has 1 aromatic rings. The molecule has 104 valence electrons. The number of H-pyrrole nitrogens is 1. The average Bonchev–Trinajstić information content (AvgIpc) is 2.26. The van der Waals surface area contributed by atoms with Gasteiger partial charge in [0.15, 0.2) is 0 Å². The zero-order chi connectivity index (χ0) is 14.3. The summed E-state index contributed by atoms with van der Waals surface area (Å²) >= 11 is 0. The van der Waals surface area contributed by atoms with Gasteiger partial charge in [-0.25, -0.2) is 9.78 Å². The Bertz CT molecular complexity index is 512. The van der Waals surface area contributed by atoms with Crippen LogP contribution in [0.15, 0.2) is 10.9 Å². The summed E-state index contributed by atoms with van der Waals surface area (Å²) in [4.78, 5) is 39.4. The van der Waals surface area contributed by atoms with Crippen LogP contribution in [0, 0.1) is 6.92 Å². The van der Waals surface area contributed by atoms with E-state index < -0.39 is 6.03 Å². The van der Waals surface area contributed by atoms with Crippen LogP contribution in [0.25, 0.3) is 0 Å². The molecule has 0 radical (unpaired) electrons. The molecule has 8 nitrogen and oxygen atoms in total. The molecule has 0 aliphatic carbocycles. The number of hydrogen-bond donors (Lipinski definition) is 3. The highest BCUT2D eigenvalue weighted by Crippen LogP contribution is 1.95. The number of rotatable bonds is 5. The fraction of sp³-hybridized carbons (Fsp3) is 0.455. The zero-order valence-electron chi connectivity index (χ0n) is 10.8. The van der Waals surface area contributed by atoms with Gasteiger partial charge < -0.3 is 10.1 Å². The van der Waals surface area contributed by atoms with E-state index in [1.54, 1.807) is 6.92 Å². The molecule has 1 rings (SSSR count). The summed E-state index contributed by atoms with van der Waals surface area (Å²) in [5.74, 6) is -0.270. The Kier molecular flexibility index (Phi) is 5.52. The molecular weight excluding hydrogens is 252 g/mol. The van der Waals surface area contributed by atoms with Crippen LogP contribution in [0.2, 0.25) is 0 Å². The largest absolute Gasteiger partial charge is 0.466 e. The van der Waals surface area contributed by atoms with E-state index in [2.05, 4.69) is 20.6 Å². The van der Waals surface area contributed by atoms with E-state index in [4.69, 9.17) is 4.74 Å². The fourth-order valence-corrected chi connectivity index (χ4v) is 1.28. The molecule has 0 fully saturated rings. The van der Waals surface area contributed by atoms with Crippen LogP contribution in [0.5, 0.6) is 0 Å². The average molecular weight is 268 g/mol. The first-order chi connectivity index (χ1) is 8.97. The number of nitrogens with one attached hydrogen (secondary N) is 3. The van der Waals surface area contributed by atoms with E-state index in [1.165, 1.54) is 13.0 Å². The first kappa shape index (κ1) is 14.7. The summed E-state index contributed by atoms with van der Waals surface area (Å²) in [6.07, 6.45) is 0.505. The first-order valence-electron chi connectivity index (χ1n) is 5.73. The summed E-state index contributed by atoms with van der Waals surface area (Å²) in [5, 5.41) is 4.94. The van der Waals surface area contributed by atoms with Crippen molar-refractivity contribution in [3.8, 4) is 0 Å². The van der Waals surface area contributed by atoms with Crippen molar-refractivity contribution in [2.75, 3.05) is 18.5 Å². The molecule has 8 heteroatoms. The van der Waals surface area contributed by atoms with Crippen molar-refractivity contribution in [3.63, 3.8) is 0 Å². The Balaban J connectivity index is 2.31. The summed E-state index contributed by atoms with van der Waals surface area (Å²) in [7, 11) is 0. The maximum atomic E-state index is 11.4. The molecule has 0 bridgehead atoms. The molecule has 19 heavy (non-hydrogen) atoms. The van der Waals surface area contributed by atoms with Crippen LogP contribution in [-0.4, -0.2) is 35.1 Å². The highest BCUT2D eigenvalue weighted by molar-refractivity contribution is 5.87. The van der Waals surface area contributed by atoms with Gasteiger partial charge in [0.25, 0.3) is 5.56 Å². The molecule has 0 saturated carbocycles. The standard InChI is InChI=1S/C11H16N4O4/c1-7-6-9(17)14-10(13-7)15-11(18)12-4-3-5-19-8(2)16/h6H,3-5H2,1-2H3,(H3,12,13,14,15,17,18). The van der Waals surface area contributed by atoms with E-state index in [1.807, 2.05) is 0 Å². The van der Waals surface area contributed by atoms with Gasteiger partial charge in [-0.05, 0) is 13.3 Å². The topological polar surface area (TPSA) is 113 Å². The molecule has 0 unspecified atom stereocenters. The number of hydrogen-bond acceptors (Lipinski definition) is 5. The highest BCUT2D eigenvalue weighted by Gasteiger charge is 2.03. The van der Waals surface area contributed by atoms with Crippen LogP contribution in [0.4, 0.5) is 10.7 Å². The summed E-state index contributed by atoms with van der Waals surface area (Å²) in [6, 6.07) is 0.832. The molecule has 0 saturated heterocycles. The van der Waals surface area contributed by atoms with Gasteiger partial charge in [0.2, 0.25) is 5.95 Å². The number of carbonyl (C=O) groups excluding carboxylic acids is 2. The number of carbonyl (C=O) groups is 2. The third kappa shape index (κ3) is 6.20. The molecule has 1 heterocycles. The fourth-order valence-electron chi connectivity index (χ4n) is 1.28. The number of ether oxygens (including phenoxy) is 1. The number of amides is 2. The molecule has 1 aromatic heterocycles. The lowest BCUT2D eigenvalue weighted by Crippen LogP contribution is -2.31. The number of aromatic amines is 1. The van der Waals surface area contributed by atoms with E-state index in [0.717, 1.165) is 0 Å². The molecule has 0 aliphatic heterocycles. The van der Waals surface area contributed by atoms with E-state index in [9.17, 15) is 14.4 Å².